The summed E-state index contributed by atoms with van der Waals surface area (Å²) in [6.45, 7) is 6.72. The van der Waals surface area contributed by atoms with Crippen molar-refractivity contribution in [2.75, 3.05) is 31.6 Å². The summed E-state index contributed by atoms with van der Waals surface area (Å²) < 4.78 is 0. The number of aryl methyl sites for hydroxylation is 2. The van der Waals surface area contributed by atoms with Crippen LogP contribution >= 0.6 is 0 Å². The fourth-order valence-electron chi connectivity index (χ4n) is 4.60. The molecule has 1 aromatic heterocycles. The quantitative estimate of drug-likeness (QED) is 0.495. The van der Waals surface area contributed by atoms with Gasteiger partial charge in [0.25, 0.3) is 0 Å². The van der Waals surface area contributed by atoms with Crippen molar-refractivity contribution in [1.82, 2.24) is 14.9 Å². The lowest BCUT2D eigenvalue weighted by molar-refractivity contribution is 0.268. The predicted octanol–water partition coefficient (Wildman–Crippen LogP) is 5.11. The fourth-order valence-corrected chi connectivity index (χ4v) is 4.60. The van der Waals surface area contributed by atoms with Crippen LogP contribution in [0.2, 0.25) is 0 Å². The molecule has 1 N–H and O–H groups in total. The number of piperazine rings is 1. The lowest BCUT2D eigenvalue weighted by Gasteiger charge is -2.41. The minimum Gasteiger partial charge on any atom is -0.507 e. The van der Waals surface area contributed by atoms with Crippen molar-refractivity contribution >= 4 is 16.9 Å². The smallest absolute Gasteiger partial charge is 0.148 e. The van der Waals surface area contributed by atoms with E-state index in [0.29, 0.717) is 5.75 Å². The minimum atomic E-state index is 0.243. The second-order valence-corrected chi connectivity index (χ2v) is 8.77. The highest BCUT2D eigenvalue weighted by Crippen LogP contribution is 2.32. The zero-order chi connectivity index (χ0) is 22.2. The molecule has 0 aliphatic carbocycles. The van der Waals surface area contributed by atoms with Crippen LogP contribution in [-0.4, -0.2) is 46.7 Å². The summed E-state index contributed by atoms with van der Waals surface area (Å²) in [6.07, 6.45) is 1.90. The highest BCUT2D eigenvalue weighted by Gasteiger charge is 2.28. The van der Waals surface area contributed by atoms with E-state index in [1.807, 2.05) is 38.2 Å². The summed E-state index contributed by atoms with van der Waals surface area (Å²) in [5, 5.41) is 10.1. The maximum Gasteiger partial charge on any atom is 0.148 e. The molecule has 0 radical (unpaired) electrons. The van der Waals surface area contributed by atoms with E-state index in [4.69, 9.17) is 9.97 Å². The van der Waals surface area contributed by atoms with Crippen LogP contribution < -0.4 is 4.90 Å². The van der Waals surface area contributed by atoms with Gasteiger partial charge in [-0.25, -0.2) is 4.98 Å². The Hall–Kier alpha value is -3.44. The number of fused-ring (bicyclic) bond motifs is 1. The first-order chi connectivity index (χ1) is 15.5. The molecule has 4 aromatic rings. The van der Waals surface area contributed by atoms with Gasteiger partial charge in [-0.15, -0.1) is 0 Å². The lowest BCUT2D eigenvalue weighted by atomic mass is 9.99. The maximum absolute atomic E-state index is 10.1. The molecule has 5 rings (SSSR count). The van der Waals surface area contributed by atoms with E-state index in [1.165, 1.54) is 5.56 Å². The summed E-state index contributed by atoms with van der Waals surface area (Å²) in [5.74, 6) is 1.27. The molecule has 5 nitrogen and oxygen atoms in total. The molecule has 1 aliphatic rings. The Kier molecular flexibility index (Phi) is 5.27. The zero-order valence-electron chi connectivity index (χ0n) is 18.8. The van der Waals surface area contributed by atoms with Crippen molar-refractivity contribution < 1.29 is 5.11 Å². The van der Waals surface area contributed by atoms with Gasteiger partial charge in [-0.05, 0) is 73.0 Å². The van der Waals surface area contributed by atoms with E-state index in [0.717, 1.165) is 58.7 Å². The van der Waals surface area contributed by atoms with Crippen LogP contribution in [0, 0.1) is 13.8 Å². The summed E-state index contributed by atoms with van der Waals surface area (Å²) in [4.78, 5) is 14.5. The first kappa shape index (κ1) is 20.5. The number of rotatable bonds is 3. The van der Waals surface area contributed by atoms with E-state index in [2.05, 4.69) is 59.3 Å². The zero-order valence-corrected chi connectivity index (χ0v) is 18.8. The number of benzene rings is 3. The van der Waals surface area contributed by atoms with Crippen LogP contribution in [0.5, 0.6) is 5.75 Å². The predicted molar refractivity (Wildman–Crippen MR) is 130 cm³/mol. The second kappa shape index (κ2) is 8.24. The number of phenols is 1. The molecule has 1 unspecified atom stereocenters. The van der Waals surface area contributed by atoms with Crippen molar-refractivity contribution in [1.29, 1.82) is 0 Å². The van der Waals surface area contributed by atoms with Gasteiger partial charge in [-0.3, -0.25) is 4.98 Å². The fraction of sp³-hybridized carbons (Fsp3) is 0.259. The van der Waals surface area contributed by atoms with Crippen LogP contribution in [0.25, 0.3) is 22.2 Å². The highest BCUT2D eigenvalue weighted by atomic mass is 16.3. The van der Waals surface area contributed by atoms with Gasteiger partial charge in [-0.1, -0.05) is 36.4 Å². The number of aromatic nitrogens is 2. The van der Waals surface area contributed by atoms with Crippen LogP contribution in [-0.2, 0) is 0 Å². The Morgan fingerprint density at radius 3 is 2.38 bits per heavy atom. The molecule has 5 heteroatoms. The summed E-state index contributed by atoms with van der Waals surface area (Å²) in [5.41, 5.74) is 6.97. The van der Waals surface area contributed by atoms with Gasteiger partial charge in [0.1, 0.15) is 11.6 Å². The largest absolute Gasteiger partial charge is 0.507 e. The monoisotopic (exact) mass is 424 g/mol. The summed E-state index contributed by atoms with van der Waals surface area (Å²) in [7, 11) is 2.17. The van der Waals surface area contributed by atoms with Crippen LogP contribution in [0.1, 0.15) is 22.7 Å². The van der Waals surface area contributed by atoms with Gasteiger partial charge >= 0.3 is 0 Å². The average Bonchev–Trinajstić information content (AvgIpc) is 2.82. The molecule has 32 heavy (non-hydrogen) atoms. The number of hydrogen-bond acceptors (Lipinski definition) is 5. The highest BCUT2D eigenvalue weighted by molar-refractivity contribution is 5.83. The molecule has 2 heterocycles. The molecule has 162 valence electrons. The molecule has 0 spiro atoms. The Morgan fingerprint density at radius 2 is 1.62 bits per heavy atom. The molecule has 3 aromatic carbocycles. The van der Waals surface area contributed by atoms with Crippen LogP contribution in [0.15, 0.2) is 66.9 Å². The molecule has 1 atom stereocenters. The lowest BCUT2D eigenvalue weighted by Crippen LogP contribution is -2.47. The number of aromatic hydroxyl groups is 1. The van der Waals surface area contributed by atoms with Crippen molar-refractivity contribution in [2.45, 2.75) is 19.9 Å². The Labute approximate surface area is 189 Å². The standard InChI is InChI=1S/C27H28N4O/c1-18-13-22(14-19(2)27(18)32)21-9-10-23-24(15-21)29-26(16-28-23)31-12-11-30(3)17-25(31)20-7-5-4-6-8-20/h4-10,13-16,25,32H,11-12,17H2,1-3H3. The molecule has 0 saturated carbocycles. The van der Waals surface area contributed by atoms with Crippen LogP contribution in [0.3, 0.4) is 0 Å². The third-order valence-electron chi connectivity index (χ3n) is 6.42. The average molecular weight is 425 g/mol. The Balaban J connectivity index is 1.55. The normalized spacial score (nSPS) is 17.1. The van der Waals surface area contributed by atoms with Gasteiger partial charge in [0.2, 0.25) is 0 Å². The number of anilines is 1. The van der Waals surface area contributed by atoms with Crippen molar-refractivity contribution in [3.63, 3.8) is 0 Å². The molecular formula is C27H28N4O. The van der Waals surface area contributed by atoms with Gasteiger partial charge in [-0.2, -0.15) is 0 Å². The minimum absolute atomic E-state index is 0.243. The number of likely N-dealkylation sites (N-methyl/N-ethyl adjacent to an activating group) is 1. The van der Waals surface area contributed by atoms with E-state index in [1.54, 1.807) is 0 Å². The first-order valence-electron chi connectivity index (χ1n) is 11.1. The molecule has 1 saturated heterocycles. The maximum atomic E-state index is 10.1. The topological polar surface area (TPSA) is 52.5 Å². The summed E-state index contributed by atoms with van der Waals surface area (Å²) in [6, 6.07) is 21.1. The second-order valence-electron chi connectivity index (χ2n) is 8.77. The third-order valence-corrected chi connectivity index (χ3v) is 6.42. The van der Waals surface area contributed by atoms with Gasteiger partial charge < -0.3 is 14.9 Å². The van der Waals surface area contributed by atoms with Crippen LogP contribution in [0.4, 0.5) is 5.82 Å². The van der Waals surface area contributed by atoms with Gasteiger partial charge in [0, 0.05) is 19.6 Å². The van der Waals surface area contributed by atoms with E-state index >= 15 is 0 Å². The van der Waals surface area contributed by atoms with Crippen molar-refractivity contribution in [3.8, 4) is 16.9 Å². The van der Waals surface area contributed by atoms with Crippen molar-refractivity contribution in [2.24, 2.45) is 0 Å². The third kappa shape index (κ3) is 3.80. The molecule has 1 fully saturated rings. The summed E-state index contributed by atoms with van der Waals surface area (Å²) >= 11 is 0. The van der Waals surface area contributed by atoms with Gasteiger partial charge in [0.05, 0.1) is 23.3 Å². The molecular weight excluding hydrogens is 396 g/mol. The SMILES string of the molecule is Cc1cc(-c2ccc3ncc(N4CCN(C)CC4c4ccccc4)nc3c2)cc(C)c1O. The van der Waals surface area contributed by atoms with E-state index in [-0.39, 0.29) is 6.04 Å². The molecule has 0 amide bonds. The van der Waals surface area contributed by atoms with E-state index in [9.17, 15) is 5.11 Å². The molecule has 1 aliphatic heterocycles. The van der Waals surface area contributed by atoms with Crippen molar-refractivity contribution in [3.05, 3.63) is 83.6 Å². The first-order valence-corrected chi connectivity index (χ1v) is 11.1. The number of hydrogen-bond donors (Lipinski definition) is 1. The van der Waals surface area contributed by atoms with E-state index < -0.39 is 0 Å². The van der Waals surface area contributed by atoms with Gasteiger partial charge in [0.15, 0.2) is 0 Å². The Morgan fingerprint density at radius 1 is 0.875 bits per heavy atom. The molecule has 0 bridgehead atoms. The Bertz CT molecular complexity index is 1250. The number of phenolic OH excluding ortho intramolecular Hbond substituents is 1. The number of nitrogens with zero attached hydrogens (tertiary/aromatic N) is 4.